The Bertz CT molecular complexity index is 637. The van der Waals surface area contributed by atoms with Gasteiger partial charge in [-0.05, 0) is 31.4 Å². The van der Waals surface area contributed by atoms with Gasteiger partial charge in [-0.2, -0.15) is 0 Å². The second-order valence-electron chi connectivity index (χ2n) is 5.51. The number of hydrogen-bond donors (Lipinski definition) is 1. The zero-order valence-corrected chi connectivity index (χ0v) is 13.1. The first-order chi connectivity index (χ1) is 10.8. The van der Waals surface area contributed by atoms with E-state index in [9.17, 15) is 4.79 Å². The molecule has 3 rings (SSSR count). The molecule has 0 unspecified atom stereocenters. The Morgan fingerprint density at radius 3 is 2.73 bits per heavy atom. The number of para-hydroxylation sites is 1. The maximum atomic E-state index is 11.1. The third kappa shape index (κ3) is 3.47. The van der Waals surface area contributed by atoms with E-state index in [2.05, 4.69) is 32.2 Å². The Hall–Kier alpha value is -1.88. The minimum absolute atomic E-state index is 0.00598. The van der Waals surface area contributed by atoms with Gasteiger partial charge in [0.25, 0.3) is 0 Å². The summed E-state index contributed by atoms with van der Waals surface area (Å²) in [6.45, 7) is 0.603. The van der Waals surface area contributed by atoms with Gasteiger partial charge < -0.3 is 5.32 Å². The third-order valence-electron chi connectivity index (χ3n) is 3.73. The Labute approximate surface area is 134 Å². The molecule has 6 heteroatoms. The third-order valence-corrected chi connectivity index (χ3v) is 3.98. The monoisotopic (exact) mass is 318 g/mol. The lowest BCUT2D eigenvalue weighted by Gasteiger charge is -2.10. The van der Waals surface area contributed by atoms with Crippen LogP contribution in [0, 0.1) is 0 Å². The van der Waals surface area contributed by atoms with Gasteiger partial charge in [0, 0.05) is 24.6 Å². The van der Waals surface area contributed by atoms with E-state index >= 15 is 0 Å². The van der Waals surface area contributed by atoms with Gasteiger partial charge in [0.05, 0.1) is 0 Å². The van der Waals surface area contributed by atoms with E-state index in [4.69, 9.17) is 11.6 Å². The summed E-state index contributed by atoms with van der Waals surface area (Å²) in [4.78, 5) is 11.1. The molecule has 2 aromatic rings. The van der Waals surface area contributed by atoms with Gasteiger partial charge in [0.15, 0.2) is 0 Å². The zero-order chi connectivity index (χ0) is 15.4. The van der Waals surface area contributed by atoms with Crippen LogP contribution in [0.4, 0.5) is 0 Å². The number of nitrogens with one attached hydrogen (secondary N) is 1. The Morgan fingerprint density at radius 1 is 1.27 bits per heavy atom. The predicted molar refractivity (Wildman–Crippen MR) is 85.4 cm³/mol. The van der Waals surface area contributed by atoms with E-state index in [0.29, 0.717) is 12.5 Å². The smallest absolute Gasteiger partial charge is 0.234 e. The van der Waals surface area contributed by atoms with Crippen molar-refractivity contribution in [1.29, 1.82) is 0 Å². The molecule has 1 N–H and O–H groups in total. The number of amides is 1. The molecule has 1 aliphatic rings. The van der Waals surface area contributed by atoms with Gasteiger partial charge >= 0.3 is 0 Å². The summed E-state index contributed by atoms with van der Waals surface area (Å²) >= 11 is 5.46. The van der Waals surface area contributed by atoms with E-state index in [1.807, 2.05) is 18.2 Å². The van der Waals surface area contributed by atoms with Crippen LogP contribution in [0.25, 0.3) is 5.69 Å². The molecule has 22 heavy (non-hydrogen) atoms. The molecule has 0 spiro atoms. The highest BCUT2D eigenvalue weighted by atomic mass is 35.5. The van der Waals surface area contributed by atoms with Gasteiger partial charge in [-0.25, -0.2) is 0 Å². The standard InChI is InChI=1S/C16H19ClN4O/c17-11-15(22)18-10-4-7-14-19-20-16(12-8-9-12)21(14)13-5-2-1-3-6-13/h1-3,5-6,12H,4,7-11H2,(H,18,22). The molecule has 1 fully saturated rings. The number of carbonyl (C=O) groups is 1. The molecule has 0 aliphatic heterocycles. The lowest BCUT2D eigenvalue weighted by Crippen LogP contribution is -2.25. The summed E-state index contributed by atoms with van der Waals surface area (Å²) in [6.07, 6.45) is 3.98. The molecule has 0 saturated heterocycles. The number of nitrogens with zero attached hydrogens (tertiary/aromatic N) is 3. The van der Waals surface area contributed by atoms with Crippen molar-refractivity contribution in [2.75, 3.05) is 12.4 Å². The number of benzene rings is 1. The molecule has 1 saturated carbocycles. The van der Waals surface area contributed by atoms with E-state index in [-0.39, 0.29) is 11.8 Å². The predicted octanol–water partition coefficient (Wildman–Crippen LogP) is 2.43. The minimum Gasteiger partial charge on any atom is -0.355 e. The molecule has 0 radical (unpaired) electrons. The average molecular weight is 319 g/mol. The first-order valence-electron chi connectivity index (χ1n) is 7.62. The fourth-order valence-corrected chi connectivity index (χ4v) is 2.57. The molecule has 5 nitrogen and oxygen atoms in total. The van der Waals surface area contributed by atoms with Crippen molar-refractivity contribution in [1.82, 2.24) is 20.1 Å². The topological polar surface area (TPSA) is 59.8 Å². The summed E-state index contributed by atoms with van der Waals surface area (Å²) in [7, 11) is 0. The van der Waals surface area contributed by atoms with Crippen LogP contribution >= 0.6 is 11.6 Å². The van der Waals surface area contributed by atoms with E-state index in [1.165, 1.54) is 12.8 Å². The van der Waals surface area contributed by atoms with E-state index in [1.54, 1.807) is 0 Å². The van der Waals surface area contributed by atoms with Crippen molar-refractivity contribution >= 4 is 17.5 Å². The molecule has 0 bridgehead atoms. The number of hydrogen-bond acceptors (Lipinski definition) is 3. The van der Waals surface area contributed by atoms with Crippen molar-refractivity contribution in [3.8, 4) is 5.69 Å². The molecule has 116 valence electrons. The number of aromatic nitrogens is 3. The van der Waals surface area contributed by atoms with Crippen LogP contribution in [0.2, 0.25) is 0 Å². The molecular formula is C16H19ClN4O. The van der Waals surface area contributed by atoms with Crippen molar-refractivity contribution in [3.63, 3.8) is 0 Å². The molecule has 1 heterocycles. The molecule has 1 amide bonds. The van der Waals surface area contributed by atoms with Crippen molar-refractivity contribution in [3.05, 3.63) is 42.0 Å². The molecule has 1 aromatic carbocycles. The number of halogens is 1. The Morgan fingerprint density at radius 2 is 2.05 bits per heavy atom. The normalized spacial score (nSPS) is 14.0. The summed E-state index contributed by atoms with van der Waals surface area (Å²) in [5.74, 6) is 2.42. The summed E-state index contributed by atoms with van der Waals surface area (Å²) < 4.78 is 2.17. The second kappa shape index (κ2) is 6.92. The average Bonchev–Trinajstić information content (AvgIpc) is 3.32. The zero-order valence-electron chi connectivity index (χ0n) is 12.3. The van der Waals surface area contributed by atoms with Gasteiger partial charge in [-0.15, -0.1) is 21.8 Å². The summed E-state index contributed by atoms with van der Waals surface area (Å²) in [6, 6.07) is 10.2. The van der Waals surface area contributed by atoms with Crippen molar-refractivity contribution in [2.45, 2.75) is 31.6 Å². The quantitative estimate of drug-likeness (QED) is 0.630. The van der Waals surface area contributed by atoms with E-state index in [0.717, 1.165) is 30.2 Å². The SMILES string of the molecule is O=C(CCl)NCCCc1nnc(C2CC2)n1-c1ccccc1. The molecular weight excluding hydrogens is 300 g/mol. The van der Waals surface area contributed by atoms with Gasteiger partial charge in [-0.3, -0.25) is 9.36 Å². The van der Waals surface area contributed by atoms with Gasteiger partial charge in [-0.1, -0.05) is 18.2 Å². The van der Waals surface area contributed by atoms with Crippen LogP contribution in [-0.2, 0) is 11.2 Å². The second-order valence-corrected chi connectivity index (χ2v) is 5.77. The van der Waals surface area contributed by atoms with Crippen LogP contribution in [0.3, 0.4) is 0 Å². The number of aryl methyl sites for hydroxylation is 1. The van der Waals surface area contributed by atoms with Crippen molar-refractivity contribution in [2.24, 2.45) is 0 Å². The van der Waals surface area contributed by atoms with Crippen LogP contribution < -0.4 is 5.32 Å². The highest BCUT2D eigenvalue weighted by Gasteiger charge is 2.30. The maximum Gasteiger partial charge on any atom is 0.234 e. The van der Waals surface area contributed by atoms with Gasteiger partial charge in [0.1, 0.15) is 17.5 Å². The maximum absolute atomic E-state index is 11.1. The summed E-state index contributed by atoms with van der Waals surface area (Å²) in [5, 5.41) is 11.5. The Kier molecular flexibility index (Phi) is 4.73. The lowest BCUT2D eigenvalue weighted by atomic mass is 10.2. The number of alkyl halides is 1. The van der Waals surface area contributed by atoms with Crippen LogP contribution in [-0.4, -0.2) is 33.1 Å². The van der Waals surface area contributed by atoms with Crippen LogP contribution in [0.1, 0.15) is 36.8 Å². The van der Waals surface area contributed by atoms with E-state index < -0.39 is 0 Å². The first kappa shape index (κ1) is 15.0. The fourth-order valence-electron chi connectivity index (χ4n) is 2.48. The fraction of sp³-hybridized carbons (Fsp3) is 0.438. The van der Waals surface area contributed by atoms with Crippen LogP contribution in [0.15, 0.2) is 30.3 Å². The highest BCUT2D eigenvalue weighted by molar-refractivity contribution is 6.27. The Balaban J connectivity index is 1.72. The van der Waals surface area contributed by atoms with Crippen LogP contribution in [0.5, 0.6) is 0 Å². The minimum atomic E-state index is -0.134. The number of rotatable bonds is 7. The van der Waals surface area contributed by atoms with Gasteiger partial charge in [0.2, 0.25) is 5.91 Å². The first-order valence-corrected chi connectivity index (χ1v) is 8.15. The molecule has 1 aromatic heterocycles. The lowest BCUT2D eigenvalue weighted by molar-refractivity contribution is -0.118. The summed E-state index contributed by atoms with van der Waals surface area (Å²) in [5.41, 5.74) is 1.11. The van der Waals surface area contributed by atoms with Crippen molar-refractivity contribution < 1.29 is 4.79 Å². The highest BCUT2D eigenvalue weighted by Crippen LogP contribution is 2.40. The largest absolute Gasteiger partial charge is 0.355 e. The molecule has 0 atom stereocenters. The molecule has 1 aliphatic carbocycles. The number of carbonyl (C=O) groups excluding carboxylic acids is 1.